The molecular weight excluding hydrogens is 212 g/mol. The maximum atomic E-state index is 8.88. The molecule has 3 nitrogen and oxygen atoms in total. The van der Waals surface area contributed by atoms with E-state index in [0.717, 1.165) is 13.0 Å². The molecule has 1 rings (SSSR count). The van der Waals surface area contributed by atoms with Gasteiger partial charge >= 0.3 is 0 Å². The zero-order chi connectivity index (χ0) is 12.7. The fraction of sp³-hybridized carbons (Fsp3) is 1.00. The lowest BCUT2D eigenvalue weighted by molar-refractivity contribution is 0.228. The molecule has 0 amide bonds. The van der Waals surface area contributed by atoms with Crippen molar-refractivity contribution in [1.29, 1.82) is 0 Å². The van der Waals surface area contributed by atoms with E-state index in [9.17, 15) is 0 Å². The molecule has 2 unspecified atom stereocenters. The first-order valence-corrected chi connectivity index (χ1v) is 7.21. The molecule has 0 aromatic heterocycles. The predicted molar refractivity (Wildman–Crippen MR) is 73.2 cm³/mol. The second-order valence-corrected chi connectivity index (χ2v) is 5.78. The molecule has 0 aromatic carbocycles. The van der Waals surface area contributed by atoms with Gasteiger partial charge in [0.1, 0.15) is 0 Å². The Balaban J connectivity index is 2.22. The molecule has 0 aromatic rings. The van der Waals surface area contributed by atoms with Crippen LogP contribution >= 0.6 is 0 Å². The predicted octanol–water partition coefficient (Wildman–Crippen LogP) is 1.86. The average molecular weight is 242 g/mol. The molecule has 0 bridgehead atoms. The van der Waals surface area contributed by atoms with Crippen molar-refractivity contribution < 1.29 is 5.11 Å². The van der Waals surface area contributed by atoms with Gasteiger partial charge < -0.3 is 15.3 Å². The second-order valence-electron chi connectivity index (χ2n) is 5.78. The van der Waals surface area contributed by atoms with Crippen LogP contribution in [0.2, 0.25) is 0 Å². The van der Waals surface area contributed by atoms with Crippen LogP contribution in [0.1, 0.15) is 46.5 Å². The van der Waals surface area contributed by atoms with Gasteiger partial charge in [0.2, 0.25) is 0 Å². The van der Waals surface area contributed by atoms with Crippen LogP contribution in [-0.4, -0.2) is 48.3 Å². The van der Waals surface area contributed by atoms with E-state index in [-0.39, 0.29) is 0 Å². The van der Waals surface area contributed by atoms with Gasteiger partial charge in [-0.25, -0.2) is 0 Å². The van der Waals surface area contributed by atoms with E-state index in [4.69, 9.17) is 5.11 Å². The van der Waals surface area contributed by atoms with E-state index in [1.54, 1.807) is 0 Å². The van der Waals surface area contributed by atoms with Crippen LogP contribution in [0.15, 0.2) is 0 Å². The van der Waals surface area contributed by atoms with Gasteiger partial charge in [0.15, 0.2) is 0 Å². The molecule has 3 heteroatoms. The molecule has 1 heterocycles. The molecule has 102 valence electrons. The molecule has 1 fully saturated rings. The normalized spacial score (nSPS) is 24.9. The van der Waals surface area contributed by atoms with Crippen molar-refractivity contribution in [3.8, 4) is 0 Å². The monoisotopic (exact) mass is 242 g/mol. The summed E-state index contributed by atoms with van der Waals surface area (Å²) in [5.74, 6) is 0.587. The van der Waals surface area contributed by atoms with Crippen LogP contribution in [0, 0.1) is 5.92 Å². The van der Waals surface area contributed by atoms with Crippen molar-refractivity contribution in [2.45, 2.75) is 58.5 Å². The lowest BCUT2D eigenvalue weighted by atomic mass is 10.1. The Morgan fingerprint density at radius 2 is 2.00 bits per heavy atom. The highest BCUT2D eigenvalue weighted by atomic mass is 16.3. The zero-order valence-corrected chi connectivity index (χ0v) is 11.8. The Hall–Kier alpha value is -0.120. The topological polar surface area (TPSA) is 35.5 Å². The lowest BCUT2D eigenvalue weighted by Crippen LogP contribution is -2.35. The van der Waals surface area contributed by atoms with E-state index >= 15 is 0 Å². The summed E-state index contributed by atoms with van der Waals surface area (Å²) in [6, 6.07) is 1.36. The maximum absolute atomic E-state index is 8.88. The van der Waals surface area contributed by atoms with E-state index in [0.29, 0.717) is 24.6 Å². The molecule has 0 saturated carbocycles. The Bertz CT molecular complexity index is 197. The first kappa shape index (κ1) is 14.9. The van der Waals surface area contributed by atoms with Crippen LogP contribution in [0.5, 0.6) is 0 Å². The summed E-state index contributed by atoms with van der Waals surface area (Å²) in [5.41, 5.74) is 0. The summed E-state index contributed by atoms with van der Waals surface area (Å²) in [6.45, 7) is 10.6. The Morgan fingerprint density at radius 1 is 1.24 bits per heavy atom. The van der Waals surface area contributed by atoms with Crippen LogP contribution in [-0.2, 0) is 0 Å². The quantitative estimate of drug-likeness (QED) is 0.746. The molecule has 1 saturated heterocycles. The number of aliphatic hydroxyl groups excluding tert-OH is 1. The number of nitrogens with zero attached hydrogens (tertiary/aromatic N) is 1. The van der Waals surface area contributed by atoms with Crippen molar-refractivity contribution in [3.05, 3.63) is 0 Å². The van der Waals surface area contributed by atoms with Gasteiger partial charge in [-0.2, -0.15) is 0 Å². The van der Waals surface area contributed by atoms with Gasteiger partial charge in [-0.3, -0.25) is 0 Å². The van der Waals surface area contributed by atoms with Crippen molar-refractivity contribution in [2.75, 3.05) is 26.2 Å². The third kappa shape index (κ3) is 5.84. The third-order valence-corrected chi connectivity index (χ3v) is 3.87. The van der Waals surface area contributed by atoms with Crippen molar-refractivity contribution in [1.82, 2.24) is 10.2 Å². The number of aliphatic hydroxyl groups is 1. The standard InChI is InChI=1S/C14H30N2O/c1-12(2)16-8-4-5-14(6-9-16)15-11-13(3)7-10-17/h12-15,17H,4-11H2,1-3H3. The molecule has 1 aliphatic heterocycles. The van der Waals surface area contributed by atoms with E-state index < -0.39 is 0 Å². The molecule has 1 aliphatic rings. The van der Waals surface area contributed by atoms with Gasteiger partial charge in [-0.1, -0.05) is 6.92 Å². The first-order chi connectivity index (χ1) is 8.13. The molecule has 0 radical (unpaired) electrons. The minimum Gasteiger partial charge on any atom is -0.396 e. The highest BCUT2D eigenvalue weighted by Crippen LogP contribution is 2.13. The van der Waals surface area contributed by atoms with E-state index in [1.165, 1.54) is 32.4 Å². The highest BCUT2D eigenvalue weighted by molar-refractivity contribution is 4.77. The summed E-state index contributed by atoms with van der Waals surface area (Å²) < 4.78 is 0. The van der Waals surface area contributed by atoms with Crippen LogP contribution in [0.3, 0.4) is 0 Å². The molecule has 0 aliphatic carbocycles. The summed E-state index contributed by atoms with van der Waals surface area (Å²) in [7, 11) is 0. The summed E-state index contributed by atoms with van der Waals surface area (Å²) in [5, 5.41) is 12.5. The fourth-order valence-corrected chi connectivity index (χ4v) is 2.53. The number of nitrogens with one attached hydrogen (secondary N) is 1. The molecule has 0 spiro atoms. The minimum absolute atomic E-state index is 0.314. The highest BCUT2D eigenvalue weighted by Gasteiger charge is 2.18. The van der Waals surface area contributed by atoms with Crippen LogP contribution in [0.4, 0.5) is 0 Å². The molecule has 2 N–H and O–H groups in total. The van der Waals surface area contributed by atoms with Crippen molar-refractivity contribution >= 4 is 0 Å². The number of hydrogen-bond donors (Lipinski definition) is 2. The molecule has 17 heavy (non-hydrogen) atoms. The Labute approximate surface area is 107 Å². The van der Waals surface area contributed by atoms with Gasteiger partial charge in [0, 0.05) is 18.7 Å². The smallest absolute Gasteiger partial charge is 0.0434 e. The largest absolute Gasteiger partial charge is 0.396 e. The van der Waals surface area contributed by atoms with Crippen LogP contribution < -0.4 is 5.32 Å². The second kappa shape index (κ2) is 8.06. The molecular formula is C14H30N2O. The SMILES string of the molecule is CC(CCO)CNC1CCCN(C(C)C)CC1. The fourth-order valence-electron chi connectivity index (χ4n) is 2.53. The van der Waals surface area contributed by atoms with Crippen LogP contribution in [0.25, 0.3) is 0 Å². The van der Waals surface area contributed by atoms with Gasteiger partial charge in [0.25, 0.3) is 0 Å². The number of rotatable bonds is 6. The minimum atomic E-state index is 0.314. The Morgan fingerprint density at radius 3 is 2.65 bits per heavy atom. The summed E-state index contributed by atoms with van der Waals surface area (Å²) in [4.78, 5) is 2.58. The van der Waals surface area contributed by atoms with Gasteiger partial charge in [-0.05, 0) is 65.1 Å². The van der Waals surface area contributed by atoms with Gasteiger partial charge in [-0.15, -0.1) is 0 Å². The third-order valence-electron chi connectivity index (χ3n) is 3.87. The zero-order valence-electron chi connectivity index (χ0n) is 11.8. The number of likely N-dealkylation sites (tertiary alicyclic amines) is 1. The van der Waals surface area contributed by atoms with Crippen molar-refractivity contribution in [3.63, 3.8) is 0 Å². The van der Waals surface area contributed by atoms with Crippen molar-refractivity contribution in [2.24, 2.45) is 5.92 Å². The maximum Gasteiger partial charge on any atom is 0.0434 e. The van der Waals surface area contributed by atoms with Gasteiger partial charge in [0.05, 0.1) is 0 Å². The van der Waals surface area contributed by atoms with E-state index in [2.05, 4.69) is 31.0 Å². The van der Waals surface area contributed by atoms with E-state index in [1.807, 2.05) is 0 Å². The summed E-state index contributed by atoms with van der Waals surface area (Å²) in [6.07, 6.45) is 4.79. The summed E-state index contributed by atoms with van der Waals surface area (Å²) >= 11 is 0. The first-order valence-electron chi connectivity index (χ1n) is 7.21. The number of hydrogen-bond acceptors (Lipinski definition) is 3. The lowest BCUT2D eigenvalue weighted by Gasteiger charge is -2.24. The Kier molecular flexibility index (Phi) is 7.09. The molecule has 2 atom stereocenters. The average Bonchev–Trinajstić information content (AvgIpc) is 2.52.